The zero-order chi connectivity index (χ0) is 17.2. The van der Waals surface area contributed by atoms with Gasteiger partial charge in [0.25, 0.3) is 5.91 Å². The molecule has 1 saturated heterocycles. The summed E-state index contributed by atoms with van der Waals surface area (Å²) in [6.45, 7) is 4.13. The minimum atomic E-state index is -0.0976. The van der Waals surface area contributed by atoms with Crippen molar-refractivity contribution in [3.05, 3.63) is 42.0 Å². The molecule has 2 heterocycles. The molecule has 0 atom stereocenters. The summed E-state index contributed by atoms with van der Waals surface area (Å²) in [4.78, 5) is 29.0. The van der Waals surface area contributed by atoms with Crippen LogP contribution in [0.1, 0.15) is 29.6 Å². The van der Waals surface area contributed by atoms with Gasteiger partial charge in [-0.2, -0.15) is 0 Å². The summed E-state index contributed by atoms with van der Waals surface area (Å²) in [7, 11) is 0. The third-order valence-corrected chi connectivity index (χ3v) is 5.12. The predicted molar refractivity (Wildman–Crippen MR) is 98.9 cm³/mol. The highest BCUT2D eigenvalue weighted by atomic mass is 16.2. The molecule has 130 valence electrons. The van der Waals surface area contributed by atoms with Crippen LogP contribution in [0.3, 0.4) is 0 Å². The van der Waals surface area contributed by atoms with Crippen LogP contribution in [0, 0.1) is 0 Å². The van der Waals surface area contributed by atoms with E-state index in [1.165, 1.54) is 25.9 Å². The first-order valence-electron chi connectivity index (χ1n) is 9.07. The van der Waals surface area contributed by atoms with Gasteiger partial charge in [-0.3, -0.25) is 14.5 Å². The highest BCUT2D eigenvalue weighted by Gasteiger charge is 2.30. The molecule has 5 nitrogen and oxygen atoms in total. The van der Waals surface area contributed by atoms with Gasteiger partial charge in [-0.25, -0.2) is 0 Å². The molecule has 5 heteroatoms. The molecule has 0 aromatic heterocycles. The van der Waals surface area contributed by atoms with Gasteiger partial charge in [0.15, 0.2) is 0 Å². The van der Waals surface area contributed by atoms with Crippen molar-refractivity contribution in [2.75, 3.05) is 37.6 Å². The number of carbonyl (C=O) groups is 2. The molecule has 4 rings (SSSR count). The number of carbonyl (C=O) groups excluding carboxylic acids is 2. The van der Waals surface area contributed by atoms with Gasteiger partial charge in [-0.1, -0.05) is 24.3 Å². The zero-order valence-electron chi connectivity index (χ0n) is 14.3. The molecule has 0 aliphatic carbocycles. The molecular formula is C20H23N3O2. The fraction of sp³-hybridized carbons (Fsp3) is 0.400. The van der Waals surface area contributed by atoms with E-state index in [4.69, 9.17) is 0 Å². The standard InChI is InChI=1S/C20H23N3O2/c24-18(21-10-5-13-22-11-1-2-12-22)14-23-17-9-4-7-15-6-3-8-16(19(15)17)20(23)25/h3-4,6-9H,1-2,5,10-14H2,(H,21,24). The second kappa shape index (κ2) is 6.84. The quantitative estimate of drug-likeness (QED) is 0.824. The van der Waals surface area contributed by atoms with Crippen LogP contribution < -0.4 is 10.2 Å². The maximum atomic E-state index is 12.7. The number of hydrogen-bond donors (Lipinski definition) is 1. The van der Waals surface area contributed by atoms with Gasteiger partial charge >= 0.3 is 0 Å². The summed E-state index contributed by atoms with van der Waals surface area (Å²) >= 11 is 0. The first-order chi connectivity index (χ1) is 12.2. The number of nitrogens with one attached hydrogen (secondary N) is 1. The first kappa shape index (κ1) is 16.1. The highest BCUT2D eigenvalue weighted by Crippen LogP contribution is 2.36. The Morgan fingerprint density at radius 3 is 2.64 bits per heavy atom. The molecule has 1 fully saturated rings. The molecule has 0 saturated carbocycles. The van der Waals surface area contributed by atoms with Crippen molar-refractivity contribution in [3.8, 4) is 0 Å². The lowest BCUT2D eigenvalue weighted by Gasteiger charge is -2.18. The van der Waals surface area contributed by atoms with Crippen LogP contribution in [0.5, 0.6) is 0 Å². The summed E-state index contributed by atoms with van der Waals surface area (Å²) in [5.41, 5.74) is 1.53. The number of amides is 2. The average molecular weight is 337 g/mol. The predicted octanol–water partition coefficient (Wildman–Crippen LogP) is 2.40. The van der Waals surface area contributed by atoms with Crippen molar-refractivity contribution in [1.82, 2.24) is 10.2 Å². The minimum Gasteiger partial charge on any atom is -0.355 e. The lowest BCUT2D eigenvalue weighted by molar-refractivity contribution is -0.119. The lowest BCUT2D eigenvalue weighted by atomic mass is 10.1. The molecule has 2 aliphatic rings. The van der Waals surface area contributed by atoms with Crippen molar-refractivity contribution in [3.63, 3.8) is 0 Å². The Morgan fingerprint density at radius 2 is 1.84 bits per heavy atom. The molecule has 0 unspecified atom stereocenters. The van der Waals surface area contributed by atoms with Crippen LogP contribution in [-0.2, 0) is 4.79 Å². The second-order valence-corrected chi connectivity index (χ2v) is 6.82. The van der Waals surface area contributed by atoms with Gasteiger partial charge in [0, 0.05) is 17.5 Å². The minimum absolute atomic E-state index is 0.0797. The van der Waals surface area contributed by atoms with E-state index in [9.17, 15) is 9.59 Å². The Labute approximate surface area is 147 Å². The number of benzene rings is 2. The van der Waals surface area contributed by atoms with E-state index >= 15 is 0 Å². The van der Waals surface area contributed by atoms with Crippen molar-refractivity contribution in [2.45, 2.75) is 19.3 Å². The van der Waals surface area contributed by atoms with E-state index in [0.29, 0.717) is 12.1 Å². The van der Waals surface area contributed by atoms with E-state index in [2.05, 4.69) is 10.2 Å². The molecule has 0 spiro atoms. The van der Waals surface area contributed by atoms with Gasteiger partial charge in [-0.05, 0) is 56.4 Å². The van der Waals surface area contributed by atoms with E-state index in [-0.39, 0.29) is 18.4 Å². The largest absolute Gasteiger partial charge is 0.355 e. The van der Waals surface area contributed by atoms with Crippen LogP contribution >= 0.6 is 0 Å². The second-order valence-electron chi connectivity index (χ2n) is 6.82. The molecule has 0 radical (unpaired) electrons. The summed E-state index contributed by atoms with van der Waals surface area (Å²) < 4.78 is 0. The summed E-state index contributed by atoms with van der Waals surface area (Å²) in [6, 6.07) is 11.6. The number of rotatable bonds is 6. The van der Waals surface area contributed by atoms with Crippen LogP contribution in [0.25, 0.3) is 10.8 Å². The van der Waals surface area contributed by atoms with Crippen molar-refractivity contribution >= 4 is 28.3 Å². The molecule has 2 aromatic carbocycles. The van der Waals surface area contributed by atoms with Gasteiger partial charge in [0.05, 0.1) is 5.69 Å². The summed E-state index contributed by atoms with van der Waals surface area (Å²) in [6.07, 6.45) is 3.53. The fourth-order valence-electron chi connectivity index (χ4n) is 3.87. The molecular weight excluding hydrogens is 314 g/mol. The van der Waals surface area contributed by atoms with Gasteiger partial charge in [-0.15, -0.1) is 0 Å². The van der Waals surface area contributed by atoms with Gasteiger partial charge in [0.2, 0.25) is 5.91 Å². The molecule has 2 amide bonds. The van der Waals surface area contributed by atoms with Gasteiger partial charge < -0.3 is 10.2 Å². The highest BCUT2D eigenvalue weighted by molar-refractivity contribution is 6.26. The Balaban J connectivity index is 1.36. The number of anilines is 1. The van der Waals surface area contributed by atoms with Crippen molar-refractivity contribution in [2.24, 2.45) is 0 Å². The average Bonchev–Trinajstić information content (AvgIpc) is 3.23. The van der Waals surface area contributed by atoms with Gasteiger partial charge in [0.1, 0.15) is 6.54 Å². The van der Waals surface area contributed by atoms with Crippen molar-refractivity contribution < 1.29 is 9.59 Å². The molecule has 2 aromatic rings. The number of nitrogens with zero attached hydrogens (tertiary/aromatic N) is 2. The number of hydrogen-bond acceptors (Lipinski definition) is 3. The summed E-state index contributed by atoms with van der Waals surface area (Å²) in [5, 5.41) is 4.95. The smallest absolute Gasteiger partial charge is 0.259 e. The van der Waals surface area contributed by atoms with E-state index in [1.54, 1.807) is 4.90 Å². The third-order valence-electron chi connectivity index (χ3n) is 5.12. The normalized spacial score (nSPS) is 16.8. The fourth-order valence-corrected chi connectivity index (χ4v) is 3.87. The van der Waals surface area contributed by atoms with Crippen LogP contribution in [0.2, 0.25) is 0 Å². The SMILES string of the molecule is O=C(CN1C(=O)c2cccc3cccc1c23)NCCCN1CCCC1. The van der Waals surface area contributed by atoms with E-state index in [0.717, 1.165) is 29.4 Å². The summed E-state index contributed by atoms with van der Waals surface area (Å²) in [5.74, 6) is -0.182. The van der Waals surface area contributed by atoms with Crippen LogP contribution in [-0.4, -0.2) is 49.4 Å². The topological polar surface area (TPSA) is 52.7 Å². The third kappa shape index (κ3) is 3.12. The first-order valence-corrected chi connectivity index (χ1v) is 9.07. The Hall–Kier alpha value is -2.40. The van der Waals surface area contributed by atoms with Crippen LogP contribution in [0.15, 0.2) is 36.4 Å². The molecule has 0 bridgehead atoms. The van der Waals surface area contributed by atoms with E-state index in [1.807, 2.05) is 36.4 Å². The zero-order valence-corrected chi connectivity index (χ0v) is 14.3. The molecule has 2 aliphatic heterocycles. The monoisotopic (exact) mass is 337 g/mol. The number of likely N-dealkylation sites (tertiary alicyclic amines) is 1. The van der Waals surface area contributed by atoms with Crippen LogP contribution in [0.4, 0.5) is 5.69 Å². The molecule has 25 heavy (non-hydrogen) atoms. The lowest BCUT2D eigenvalue weighted by Crippen LogP contribution is -2.39. The maximum absolute atomic E-state index is 12.7. The van der Waals surface area contributed by atoms with E-state index < -0.39 is 0 Å². The molecule has 1 N–H and O–H groups in total. The maximum Gasteiger partial charge on any atom is 0.259 e. The Kier molecular flexibility index (Phi) is 4.40. The Morgan fingerprint density at radius 1 is 1.08 bits per heavy atom. The van der Waals surface area contributed by atoms with Crippen molar-refractivity contribution in [1.29, 1.82) is 0 Å². The Bertz CT molecular complexity index is 806.